The summed E-state index contributed by atoms with van der Waals surface area (Å²) < 4.78 is 4.72. The van der Waals surface area contributed by atoms with Gasteiger partial charge in [0.1, 0.15) is 5.69 Å². The number of hydrogen-bond acceptors (Lipinski definition) is 2. The lowest BCUT2D eigenvalue weighted by Crippen LogP contribution is -2.04. The lowest BCUT2D eigenvalue weighted by molar-refractivity contribution is 1.08. The molecule has 0 atom stereocenters. The van der Waals surface area contributed by atoms with E-state index in [1.165, 1.54) is 37.8 Å². The Balaban J connectivity index is 1.43. The first-order chi connectivity index (χ1) is 22.8. The Kier molecular flexibility index (Phi) is 5.25. The Hall–Kier alpha value is -6.26. The van der Waals surface area contributed by atoms with Crippen molar-refractivity contribution in [2.75, 3.05) is 0 Å². The maximum Gasteiger partial charge on any atom is 0.165 e. The van der Waals surface area contributed by atoms with Gasteiger partial charge in [0.25, 0.3) is 0 Å². The van der Waals surface area contributed by atoms with Crippen molar-refractivity contribution in [1.29, 1.82) is 0 Å². The molecule has 0 bridgehead atoms. The van der Waals surface area contributed by atoms with Crippen LogP contribution in [0.2, 0.25) is 0 Å². The number of para-hydroxylation sites is 4. The number of benzene rings is 7. The van der Waals surface area contributed by atoms with E-state index in [4.69, 9.17) is 9.97 Å². The fourth-order valence-corrected chi connectivity index (χ4v) is 7.18. The predicted octanol–water partition coefficient (Wildman–Crippen LogP) is 10.6. The van der Waals surface area contributed by atoms with Crippen LogP contribution in [0.4, 0.5) is 0 Å². The summed E-state index contributed by atoms with van der Waals surface area (Å²) >= 11 is 0. The predicted molar refractivity (Wildman–Crippen MR) is 191 cm³/mol. The van der Waals surface area contributed by atoms with Crippen LogP contribution in [-0.4, -0.2) is 19.1 Å². The molecule has 10 rings (SSSR count). The minimum atomic E-state index is 0.821. The van der Waals surface area contributed by atoms with Gasteiger partial charge in [-0.15, -0.1) is 0 Å². The van der Waals surface area contributed by atoms with Crippen LogP contribution >= 0.6 is 0 Å². The molecule has 0 aliphatic rings. The molecule has 46 heavy (non-hydrogen) atoms. The second kappa shape index (κ2) is 9.62. The van der Waals surface area contributed by atoms with Gasteiger partial charge in [-0.05, 0) is 65.4 Å². The van der Waals surface area contributed by atoms with Crippen molar-refractivity contribution in [2.45, 2.75) is 0 Å². The molecule has 0 aliphatic heterocycles. The molecule has 0 aliphatic carbocycles. The average Bonchev–Trinajstić information content (AvgIpc) is 3.61. The van der Waals surface area contributed by atoms with Gasteiger partial charge in [0.15, 0.2) is 5.82 Å². The molecule has 214 valence electrons. The summed E-state index contributed by atoms with van der Waals surface area (Å²) in [6, 6.07) is 55.9. The van der Waals surface area contributed by atoms with Crippen LogP contribution in [0.15, 0.2) is 158 Å². The summed E-state index contributed by atoms with van der Waals surface area (Å²) in [4.78, 5) is 10.6. The van der Waals surface area contributed by atoms with Crippen molar-refractivity contribution in [3.63, 3.8) is 0 Å². The van der Waals surface area contributed by atoms with E-state index in [-0.39, 0.29) is 0 Å². The molecule has 0 amide bonds. The second-order valence-electron chi connectivity index (χ2n) is 11.9. The number of nitrogens with zero attached hydrogens (tertiary/aromatic N) is 4. The van der Waals surface area contributed by atoms with E-state index >= 15 is 0 Å². The molecule has 4 nitrogen and oxygen atoms in total. The molecule has 0 unspecified atom stereocenters. The largest absolute Gasteiger partial charge is 0.309 e. The third-order valence-electron chi connectivity index (χ3n) is 9.25. The Morgan fingerprint density at radius 1 is 0.370 bits per heavy atom. The fourth-order valence-electron chi connectivity index (χ4n) is 7.18. The first-order valence-electron chi connectivity index (χ1n) is 15.6. The van der Waals surface area contributed by atoms with Gasteiger partial charge < -0.3 is 4.57 Å². The zero-order valence-corrected chi connectivity index (χ0v) is 24.8. The highest BCUT2D eigenvalue weighted by molar-refractivity contribution is 6.21. The lowest BCUT2D eigenvalue weighted by Gasteiger charge is -2.14. The highest BCUT2D eigenvalue weighted by Crippen LogP contribution is 2.41. The monoisotopic (exact) mass is 586 g/mol. The fraction of sp³-hybridized carbons (Fsp3) is 0. The van der Waals surface area contributed by atoms with E-state index in [9.17, 15) is 0 Å². The quantitative estimate of drug-likeness (QED) is 0.206. The van der Waals surface area contributed by atoms with Gasteiger partial charge in [0, 0.05) is 32.8 Å². The molecule has 0 spiro atoms. The normalized spacial score (nSPS) is 11.9. The van der Waals surface area contributed by atoms with Crippen LogP contribution in [0, 0.1) is 0 Å². The maximum atomic E-state index is 5.37. The summed E-state index contributed by atoms with van der Waals surface area (Å²) in [5.74, 6) is 0.821. The molecule has 0 fully saturated rings. The number of aromatic nitrogens is 4. The van der Waals surface area contributed by atoms with Gasteiger partial charge in [0.05, 0.1) is 33.1 Å². The Morgan fingerprint density at radius 2 is 0.935 bits per heavy atom. The molecule has 10 aromatic rings. The zero-order valence-electron chi connectivity index (χ0n) is 24.8. The van der Waals surface area contributed by atoms with E-state index in [2.05, 4.69) is 143 Å². The standard InChI is InChI=1S/C42H26N4/c1-3-13-27(14-4-1)41-42(44-36-21-11-10-20-35(36)43-41)46-38-24-29-16-8-7-15-28(29)23-32(38)34-25-33-31-19-9-12-22-37(31)45(39(33)26-40(34)46)30-17-5-2-6-18-30/h1-26H. The topological polar surface area (TPSA) is 35.6 Å². The van der Waals surface area contributed by atoms with Gasteiger partial charge in [-0.2, -0.15) is 0 Å². The van der Waals surface area contributed by atoms with E-state index < -0.39 is 0 Å². The van der Waals surface area contributed by atoms with Gasteiger partial charge in [0.2, 0.25) is 0 Å². The van der Waals surface area contributed by atoms with E-state index in [0.717, 1.165) is 50.3 Å². The second-order valence-corrected chi connectivity index (χ2v) is 11.9. The Labute approximate surface area is 264 Å². The highest BCUT2D eigenvalue weighted by Gasteiger charge is 2.22. The average molecular weight is 587 g/mol. The third kappa shape index (κ3) is 3.61. The van der Waals surface area contributed by atoms with Crippen molar-refractivity contribution in [2.24, 2.45) is 0 Å². The molecule has 0 saturated carbocycles. The summed E-state index contributed by atoms with van der Waals surface area (Å²) in [6.45, 7) is 0. The van der Waals surface area contributed by atoms with E-state index in [0.29, 0.717) is 0 Å². The Morgan fingerprint density at radius 3 is 1.74 bits per heavy atom. The van der Waals surface area contributed by atoms with Crippen molar-refractivity contribution in [3.05, 3.63) is 158 Å². The molecule has 0 saturated heterocycles. The van der Waals surface area contributed by atoms with Crippen LogP contribution < -0.4 is 0 Å². The SMILES string of the molecule is c1ccc(-c2nc3ccccc3nc2-n2c3cc4ccccc4cc3c3cc4c5ccccc5n(-c5ccccc5)c4cc32)cc1. The molecule has 7 aromatic carbocycles. The first kappa shape index (κ1) is 25.1. The van der Waals surface area contributed by atoms with Crippen LogP contribution in [0.1, 0.15) is 0 Å². The minimum absolute atomic E-state index is 0.821. The maximum absolute atomic E-state index is 5.37. The molecular formula is C42H26N4. The van der Waals surface area contributed by atoms with Crippen LogP contribution in [0.5, 0.6) is 0 Å². The molecule has 0 radical (unpaired) electrons. The van der Waals surface area contributed by atoms with Crippen molar-refractivity contribution in [1.82, 2.24) is 19.1 Å². The Bertz CT molecular complexity index is 2790. The summed E-state index contributed by atoms with van der Waals surface area (Å²) in [5, 5.41) is 7.26. The van der Waals surface area contributed by atoms with Gasteiger partial charge >= 0.3 is 0 Å². The van der Waals surface area contributed by atoms with Gasteiger partial charge in [-0.25, -0.2) is 9.97 Å². The van der Waals surface area contributed by atoms with Crippen molar-refractivity contribution < 1.29 is 0 Å². The van der Waals surface area contributed by atoms with Crippen LogP contribution in [0.25, 0.3) is 88.2 Å². The smallest absolute Gasteiger partial charge is 0.165 e. The number of rotatable bonds is 3. The van der Waals surface area contributed by atoms with E-state index in [1.54, 1.807) is 0 Å². The van der Waals surface area contributed by atoms with Gasteiger partial charge in [-0.1, -0.05) is 103 Å². The molecular weight excluding hydrogens is 560 g/mol. The molecule has 3 heterocycles. The number of hydrogen-bond donors (Lipinski definition) is 0. The first-order valence-corrected chi connectivity index (χ1v) is 15.6. The van der Waals surface area contributed by atoms with Crippen LogP contribution in [0.3, 0.4) is 0 Å². The summed E-state index contributed by atoms with van der Waals surface area (Å²) in [7, 11) is 0. The van der Waals surface area contributed by atoms with E-state index in [1.807, 2.05) is 24.3 Å². The van der Waals surface area contributed by atoms with Crippen molar-refractivity contribution >= 4 is 65.4 Å². The summed E-state index contributed by atoms with van der Waals surface area (Å²) in [6.07, 6.45) is 0. The molecule has 4 heteroatoms. The molecule has 3 aromatic heterocycles. The number of fused-ring (bicyclic) bond motifs is 8. The minimum Gasteiger partial charge on any atom is -0.309 e. The highest BCUT2D eigenvalue weighted by atomic mass is 15.1. The van der Waals surface area contributed by atoms with Crippen LogP contribution in [-0.2, 0) is 0 Å². The summed E-state index contributed by atoms with van der Waals surface area (Å²) in [5.41, 5.74) is 9.32. The van der Waals surface area contributed by atoms with Gasteiger partial charge in [-0.3, -0.25) is 4.57 Å². The van der Waals surface area contributed by atoms with Crippen molar-refractivity contribution in [3.8, 4) is 22.8 Å². The third-order valence-corrected chi connectivity index (χ3v) is 9.25. The lowest BCUT2D eigenvalue weighted by atomic mass is 10.0. The zero-order chi connectivity index (χ0) is 30.2. The molecule has 0 N–H and O–H groups in total.